The molecule has 0 aliphatic heterocycles. The highest BCUT2D eigenvalue weighted by Gasteiger charge is 2.20. The van der Waals surface area contributed by atoms with Crippen molar-refractivity contribution < 1.29 is 9.90 Å². The number of hydrogen-bond acceptors (Lipinski definition) is 4. The quantitative estimate of drug-likeness (QED) is 0.605. The van der Waals surface area contributed by atoms with E-state index in [0.29, 0.717) is 5.69 Å². The first kappa shape index (κ1) is 20.3. The molecule has 2 aromatic carbocycles. The summed E-state index contributed by atoms with van der Waals surface area (Å²) in [5, 5.41) is 17.2. The van der Waals surface area contributed by atoms with Gasteiger partial charge >= 0.3 is 0 Å². The van der Waals surface area contributed by atoms with Gasteiger partial charge in [-0.25, -0.2) is 0 Å². The van der Waals surface area contributed by atoms with Gasteiger partial charge in [-0.2, -0.15) is 9.78 Å². The Morgan fingerprint density at radius 3 is 2.53 bits per heavy atom. The SMILES string of the molecule is CC(NC(=O)c1nn(-c2ccc(Br)cc2)c(=O)cc1O)c1ccc2c(c1)CCCC2. The monoisotopic (exact) mass is 467 g/mol. The minimum absolute atomic E-state index is 0.192. The van der Waals surface area contributed by atoms with Crippen LogP contribution in [0.25, 0.3) is 5.69 Å². The van der Waals surface area contributed by atoms with E-state index in [-0.39, 0.29) is 11.7 Å². The second-order valence-corrected chi connectivity index (χ2v) is 8.45. The van der Waals surface area contributed by atoms with Gasteiger partial charge < -0.3 is 10.4 Å². The van der Waals surface area contributed by atoms with Crippen molar-refractivity contribution in [3.63, 3.8) is 0 Å². The van der Waals surface area contributed by atoms with E-state index < -0.39 is 17.2 Å². The van der Waals surface area contributed by atoms with Crippen LogP contribution in [0.2, 0.25) is 0 Å². The fourth-order valence-corrected chi connectivity index (χ4v) is 4.01. The van der Waals surface area contributed by atoms with Crippen molar-refractivity contribution in [1.82, 2.24) is 15.1 Å². The largest absolute Gasteiger partial charge is 0.505 e. The Morgan fingerprint density at radius 1 is 1.10 bits per heavy atom. The first-order valence-corrected chi connectivity index (χ1v) is 10.7. The Hall–Kier alpha value is -2.93. The van der Waals surface area contributed by atoms with E-state index in [1.54, 1.807) is 24.3 Å². The fraction of sp³-hybridized carbons (Fsp3) is 0.261. The molecule has 1 aliphatic rings. The van der Waals surface area contributed by atoms with Gasteiger partial charge in [-0.05, 0) is 73.6 Å². The van der Waals surface area contributed by atoms with Gasteiger partial charge in [0.05, 0.1) is 11.7 Å². The van der Waals surface area contributed by atoms with Crippen LogP contribution in [0.3, 0.4) is 0 Å². The Bertz CT molecular complexity index is 1160. The summed E-state index contributed by atoms with van der Waals surface area (Å²) < 4.78 is 1.96. The summed E-state index contributed by atoms with van der Waals surface area (Å²) in [6.45, 7) is 1.89. The zero-order valence-electron chi connectivity index (χ0n) is 16.6. The second kappa shape index (κ2) is 8.44. The predicted molar refractivity (Wildman–Crippen MR) is 118 cm³/mol. The number of carbonyl (C=O) groups is 1. The zero-order valence-corrected chi connectivity index (χ0v) is 18.1. The van der Waals surface area contributed by atoms with Crippen molar-refractivity contribution in [2.75, 3.05) is 0 Å². The zero-order chi connectivity index (χ0) is 21.3. The number of nitrogens with one attached hydrogen (secondary N) is 1. The molecule has 1 atom stereocenters. The topological polar surface area (TPSA) is 84.2 Å². The van der Waals surface area contributed by atoms with Crippen molar-refractivity contribution in [3.05, 3.63) is 85.7 Å². The van der Waals surface area contributed by atoms with Crippen LogP contribution in [0, 0.1) is 0 Å². The van der Waals surface area contributed by atoms with Gasteiger partial charge in [-0.15, -0.1) is 0 Å². The number of hydrogen-bond donors (Lipinski definition) is 2. The van der Waals surface area contributed by atoms with E-state index in [4.69, 9.17) is 0 Å². The third-order valence-electron chi connectivity index (χ3n) is 5.42. The van der Waals surface area contributed by atoms with Crippen LogP contribution >= 0.6 is 15.9 Å². The summed E-state index contributed by atoms with van der Waals surface area (Å²) in [5.41, 5.74) is 3.51. The molecule has 1 aliphatic carbocycles. The highest BCUT2D eigenvalue weighted by Crippen LogP contribution is 2.25. The lowest BCUT2D eigenvalue weighted by atomic mass is 9.89. The third kappa shape index (κ3) is 4.16. The molecule has 6 nitrogen and oxygen atoms in total. The number of aryl methyl sites for hydroxylation is 2. The smallest absolute Gasteiger partial charge is 0.276 e. The summed E-state index contributed by atoms with van der Waals surface area (Å²) in [7, 11) is 0. The van der Waals surface area contributed by atoms with Crippen LogP contribution in [0.1, 0.15) is 53.0 Å². The Kier molecular flexibility index (Phi) is 5.72. The molecular formula is C23H22BrN3O3. The summed E-state index contributed by atoms with van der Waals surface area (Å²) >= 11 is 3.35. The number of carbonyl (C=O) groups excluding carboxylic acids is 1. The molecule has 0 bridgehead atoms. The van der Waals surface area contributed by atoms with Crippen molar-refractivity contribution in [2.24, 2.45) is 0 Å². The maximum Gasteiger partial charge on any atom is 0.276 e. The van der Waals surface area contributed by atoms with E-state index in [2.05, 4.69) is 38.5 Å². The summed E-state index contributed by atoms with van der Waals surface area (Å²) in [5.74, 6) is -0.980. The molecule has 30 heavy (non-hydrogen) atoms. The van der Waals surface area contributed by atoms with E-state index >= 15 is 0 Å². The van der Waals surface area contributed by atoms with Crippen molar-refractivity contribution >= 4 is 21.8 Å². The molecule has 0 saturated heterocycles. The standard InChI is InChI=1S/C23H22BrN3O3/c1-14(16-7-6-15-4-2-3-5-17(15)12-16)25-23(30)22-20(28)13-21(29)27(26-22)19-10-8-18(24)9-11-19/h6-14,28H,2-5H2,1H3,(H,25,30). The molecule has 7 heteroatoms. The minimum Gasteiger partial charge on any atom is -0.505 e. The fourth-order valence-electron chi connectivity index (χ4n) is 3.75. The summed E-state index contributed by atoms with van der Waals surface area (Å²) in [6.07, 6.45) is 4.57. The molecular weight excluding hydrogens is 446 g/mol. The van der Waals surface area contributed by atoms with Gasteiger partial charge in [-0.3, -0.25) is 9.59 Å². The number of rotatable bonds is 4. The molecule has 3 aromatic rings. The lowest BCUT2D eigenvalue weighted by molar-refractivity contribution is 0.0929. The molecule has 0 radical (unpaired) electrons. The minimum atomic E-state index is -0.538. The van der Waals surface area contributed by atoms with E-state index in [0.717, 1.165) is 33.6 Å². The van der Waals surface area contributed by atoms with E-state index in [9.17, 15) is 14.7 Å². The molecule has 2 N–H and O–H groups in total. The lowest BCUT2D eigenvalue weighted by Gasteiger charge is -2.20. The highest BCUT2D eigenvalue weighted by molar-refractivity contribution is 9.10. The molecule has 0 saturated carbocycles. The van der Waals surface area contributed by atoms with Crippen molar-refractivity contribution in [1.29, 1.82) is 0 Å². The highest BCUT2D eigenvalue weighted by atomic mass is 79.9. The number of nitrogens with zero attached hydrogens (tertiary/aromatic N) is 2. The first-order chi connectivity index (χ1) is 14.4. The average molecular weight is 468 g/mol. The number of halogens is 1. The molecule has 4 rings (SSSR count). The molecule has 0 fully saturated rings. The lowest BCUT2D eigenvalue weighted by Crippen LogP contribution is -2.31. The predicted octanol–water partition coefficient (Wildman–Crippen LogP) is 4.07. The van der Waals surface area contributed by atoms with Gasteiger partial charge in [0.25, 0.3) is 11.5 Å². The van der Waals surface area contributed by atoms with Gasteiger partial charge in [-0.1, -0.05) is 34.1 Å². The maximum absolute atomic E-state index is 12.8. The van der Waals surface area contributed by atoms with Gasteiger partial charge in [0.15, 0.2) is 11.4 Å². The van der Waals surface area contributed by atoms with Gasteiger partial charge in [0.1, 0.15) is 0 Å². The van der Waals surface area contributed by atoms with E-state index in [1.807, 2.05) is 13.0 Å². The number of fused-ring (bicyclic) bond motifs is 1. The maximum atomic E-state index is 12.8. The van der Waals surface area contributed by atoms with Gasteiger partial charge in [0.2, 0.25) is 0 Å². The molecule has 0 spiro atoms. The van der Waals surface area contributed by atoms with Crippen molar-refractivity contribution in [2.45, 2.75) is 38.6 Å². The molecule has 1 amide bonds. The first-order valence-electron chi connectivity index (χ1n) is 9.94. The molecule has 154 valence electrons. The van der Waals surface area contributed by atoms with Crippen LogP contribution in [-0.2, 0) is 12.8 Å². The van der Waals surface area contributed by atoms with Crippen LogP contribution in [0.15, 0.2) is 57.8 Å². The van der Waals surface area contributed by atoms with Crippen molar-refractivity contribution in [3.8, 4) is 11.4 Å². The Labute approximate surface area is 182 Å². The Morgan fingerprint density at radius 2 is 1.80 bits per heavy atom. The number of aromatic hydroxyl groups is 1. The van der Waals surface area contributed by atoms with Crippen LogP contribution in [-0.4, -0.2) is 20.8 Å². The summed E-state index contributed by atoms with van der Waals surface area (Å²) in [4.78, 5) is 25.1. The van der Waals surface area contributed by atoms with Crippen LogP contribution in [0.4, 0.5) is 0 Å². The number of amides is 1. The second-order valence-electron chi connectivity index (χ2n) is 7.54. The normalized spacial score (nSPS) is 14.1. The number of aromatic nitrogens is 2. The average Bonchev–Trinajstić information content (AvgIpc) is 2.74. The third-order valence-corrected chi connectivity index (χ3v) is 5.95. The number of benzene rings is 2. The summed E-state index contributed by atoms with van der Waals surface area (Å²) in [6, 6.07) is 14.0. The molecule has 1 heterocycles. The van der Waals surface area contributed by atoms with Gasteiger partial charge in [0, 0.05) is 10.5 Å². The molecule has 1 unspecified atom stereocenters. The Balaban J connectivity index is 1.59. The molecule has 1 aromatic heterocycles. The van der Waals surface area contributed by atoms with E-state index in [1.165, 1.54) is 24.0 Å². The van der Waals surface area contributed by atoms with Crippen LogP contribution in [0.5, 0.6) is 5.75 Å². The van der Waals surface area contributed by atoms with Crippen LogP contribution < -0.4 is 10.9 Å².